The van der Waals surface area contributed by atoms with Gasteiger partial charge in [0.15, 0.2) is 5.78 Å². The van der Waals surface area contributed by atoms with Gasteiger partial charge in [-0.05, 0) is 29.7 Å². The van der Waals surface area contributed by atoms with Gasteiger partial charge in [-0.2, -0.15) is 13.2 Å². The summed E-state index contributed by atoms with van der Waals surface area (Å²) >= 11 is 0. The quantitative estimate of drug-likeness (QED) is 0.848. The van der Waals surface area contributed by atoms with Crippen LogP contribution >= 0.6 is 0 Å². The molecule has 2 bridgehead atoms. The van der Waals surface area contributed by atoms with Gasteiger partial charge in [0, 0.05) is 30.8 Å². The smallest absolute Gasteiger partial charge is 0.367 e. The van der Waals surface area contributed by atoms with Gasteiger partial charge < -0.3 is 10.1 Å². The lowest BCUT2D eigenvalue weighted by Gasteiger charge is -2.23. The Hall–Kier alpha value is -2.25. The number of hydrogen-bond acceptors (Lipinski definition) is 4. The molecule has 4 nitrogen and oxygen atoms in total. The summed E-state index contributed by atoms with van der Waals surface area (Å²) in [5, 5.41) is 3.41. The molecule has 7 heteroatoms. The van der Waals surface area contributed by atoms with E-state index in [1.54, 1.807) is 0 Å². The Morgan fingerprint density at radius 3 is 2.62 bits per heavy atom. The number of ether oxygens (including phenoxy) is 1. The molecule has 0 aliphatic carbocycles. The Kier molecular flexibility index (Phi) is 4.28. The fraction of sp³-hybridized carbons (Fsp3) is 0.368. The molecule has 3 atom stereocenters. The van der Waals surface area contributed by atoms with Crippen LogP contribution in [0.4, 0.5) is 13.2 Å². The van der Waals surface area contributed by atoms with Gasteiger partial charge in [0.25, 0.3) is 0 Å². The third-order valence-electron chi connectivity index (χ3n) is 4.87. The molecule has 0 saturated carbocycles. The summed E-state index contributed by atoms with van der Waals surface area (Å²) in [5.41, 5.74) is 0.751. The fourth-order valence-electron chi connectivity index (χ4n) is 3.55. The van der Waals surface area contributed by atoms with E-state index in [9.17, 15) is 18.0 Å². The molecule has 2 fully saturated rings. The monoisotopic (exact) mass is 362 g/mol. The Labute approximate surface area is 148 Å². The minimum Gasteiger partial charge on any atom is -0.367 e. The summed E-state index contributed by atoms with van der Waals surface area (Å²) in [5.74, 6) is -0.372. The number of ketones is 1. The number of carbonyl (C=O) groups excluding carboxylic acids is 1. The highest BCUT2D eigenvalue weighted by Crippen LogP contribution is 2.36. The molecule has 3 heterocycles. The van der Waals surface area contributed by atoms with Crippen molar-refractivity contribution < 1.29 is 22.7 Å². The van der Waals surface area contributed by atoms with Crippen LogP contribution in [0.2, 0.25) is 0 Å². The van der Waals surface area contributed by atoms with Crippen LogP contribution in [-0.4, -0.2) is 29.5 Å². The molecule has 136 valence electrons. The van der Waals surface area contributed by atoms with E-state index in [4.69, 9.17) is 4.74 Å². The van der Waals surface area contributed by atoms with Crippen LogP contribution in [0.25, 0.3) is 0 Å². The number of fused-ring (bicyclic) bond motifs is 2. The number of nitrogens with zero attached hydrogens (tertiary/aromatic N) is 1. The number of pyridine rings is 1. The second kappa shape index (κ2) is 6.48. The number of Topliss-reactive ketones (excluding diaryl/α,β-unsaturated/α-hetero) is 1. The van der Waals surface area contributed by atoms with Crippen LogP contribution in [0.3, 0.4) is 0 Å². The van der Waals surface area contributed by atoms with Crippen molar-refractivity contribution >= 4 is 5.78 Å². The van der Waals surface area contributed by atoms with Gasteiger partial charge in [0.05, 0.1) is 12.2 Å². The Bertz CT molecular complexity index is 820. The maximum absolute atomic E-state index is 12.7. The molecule has 1 aromatic heterocycles. The molecule has 2 aliphatic rings. The molecule has 1 aromatic carbocycles. The van der Waals surface area contributed by atoms with Gasteiger partial charge in [0.1, 0.15) is 5.69 Å². The minimum absolute atomic E-state index is 0.0111. The Morgan fingerprint density at radius 1 is 1.23 bits per heavy atom. The average Bonchev–Trinajstić information content (AvgIpc) is 3.25. The highest BCUT2D eigenvalue weighted by molar-refractivity contribution is 5.97. The standard InChI is InChI=1S/C19H17F3N2O2/c20-19(21,22)17-8-13(5-6-23-17)16(25)7-11-1-3-12(4-2-11)18-15-9-14(26-18)10-24-15/h1-6,8,14-15,18,24H,7,9-10H2/t14-,15-,18+/m1/s1. The van der Waals surface area contributed by atoms with E-state index in [0.717, 1.165) is 36.4 Å². The van der Waals surface area contributed by atoms with Crippen molar-refractivity contribution in [2.45, 2.75) is 37.3 Å². The molecule has 2 aliphatic heterocycles. The predicted octanol–water partition coefficient (Wildman–Crippen LogP) is 3.33. The first-order valence-electron chi connectivity index (χ1n) is 8.44. The SMILES string of the molecule is O=C(Cc1ccc([C@@H]2O[C@H]3CN[C@@H]2C3)cc1)c1ccnc(C(F)(F)F)c1. The summed E-state index contributed by atoms with van der Waals surface area (Å²) in [6, 6.07) is 9.92. The fourth-order valence-corrected chi connectivity index (χ4v) is 3.55. The zero-order valence-corrected chi connectivity index (χ0v) is 13.8. The van der Waals surface area contributed by atoms with E-state index in [-0.39, 0.29) is 30.0 Å². The van der Waals surface area contributed by atoms with Crippen molar-refractivity contribution in [1.29, 1.82) is 0 Å². The van der Waals surface area contributed by atoms with E-state index in [0.29, 0.717) is 6.04 Å². The topological polar surface area (TPSA) is 51.2 Å². The van der Waals surface area contributed by atoms with Gasteiger partial charge in [-0.15, -0.1) is 0 Å². The molecule has 0 spiro atoms. The van der Waals surface area contributed by atoms with Gasteiger partial charge in [-0.3, -0.25) is 9.78 Å². The number of morpholine rings is 1. The van der Waals surface area contributed by atoms with Crippen LogP contribution in [0, 0.1) is 0 Å². The van der Waals surface area contributed by atoms with Crippen LogP contribution in [0.5, 0.6) is 0 Å². The van der Waals surface area contributed by atoms with Crippen molar-refractivity contribution in [2.75, 3.05) is 6.54 Å². The highest BCUT2D eigenvalue weighted by Gasteiger charge is 2.41. The van der Waals surface area contributed by atoms with Gasteiger partial charge in [-0.25, -0.2) is 0 Å². The molecule has 1 N–H and O–H groups in total. The molecular formula is C19H17F3N2O2. The first-order chi connectivity index (χ1) is 12.4. The maximum atomic E-state index is 12.7. The largest absolute Gasteiger partial charge is 0.433 e. The van der Waals surface area contributed by atoms with Gasteiger partial charge >= 0.3 is 6.18 Å². The summed E-state index contributed by atoms with van der Waals surface area (Å²) in [6.45, 7) is 0.888. The van der Waals surface area contributed by atoms with Crippen molar-refractivity contribution in [1.82, 2.24) is 10.3 Å². The molecule has 2 saturated heterocycles. The first kappa shape index (κ1) is 17.2. The van der Waals surface area contributed by atoms with E-state index in [1.165, 1.54) is 6.07 Å². The highest BCUT2D eigenvalue weighted by atomic mass is 19.4. The van der Waals surface area contributed by atoms with Crippen molar-refractivity contribution in [3.8, 4) is 0 Å². The second-order valence-corrected chi connectivity index (χ2v) is 6.70. The number of hydrogen-bond donors (Lipinski definition) is 1. The normalized spacial score (nSPS) is 24.8. The summed E-state index contributed by atoms with van der Waals surface area (Å²) in [7, 11) is 0. The van der Waals surface area contributed by atoms with Crippen molar-refractivity contribution in [3.63, 3.8) is 0 Å². The Morgan fingerprint density at radius 2 is 2.00 bits per heavy atom. The number of halogens is 3. The third-order valence-corrected chi connectivity index (χ3v) is 4.87. The third kappa shape index (κ3) is 3.37. The minimum atomic E-state index is -4.56. The van der Waals surface area contributed by atoms with Gasteiger partial charge in [-0.1, -0.05) is 24.3 Å². The van der Waals surface area contributed by atoms with Crippen molar-refractivity contribution in [2.24, 2.45) is 0 Å². The van der Waals surface area contributed by atoms with E-state index >= 15 is 0 Å². The zero-order chi connectivity index (χ0) is 18.3. The number of carbonyl (C=O) groups is 1. The van der Waals surface area contributed by atoms with Crippen molar-refractivity contribution in [3.05, 3.63) is 65.0 Å². The van der Waals surface area contributed by atoms with Crippen LogP contribution in [0.1, 0.15) is 39.7 Å². The summed E-state index contributed by atoms with van der Waals surface area (Å²) in [6.07, 6.45) is -2.22. The number of aromatic nitrogens is 1. The molecule has 4 rings (SSSR count). The van der Waals surface area contributed by atoms with Crippen LogP contribution in [0.15, 0.2) is 42.6 Å². The molecule has 0 radical (unpaired) electrons. The summed E-state index contributed by atoms with van der Waals surface area (Å²) in [4.78, 5) is 15.6. The maximum Gasteiger partial charge on any atom is 0.433 e. The first-order valence-corrected chi connectivity index (χ1v) is 8.44. The molecule has 2 aromatic rings. The van der Waals surface area contributed by atoms with E-state index < -0.39 is 11.9 Å². The summed E-state index contributed by atoms with van der Waals surface area (Å²) < 4.78 is 44.1. The molecule has 26 heavy (non-hydrogen) atoms. The van der Waals surface area contributed by atoms with Gasteiger partial charge in [0.2, 0.25) is 0 Å². The van der Waals surface area contributed by atoms with E-state index in [1.807, 2.05) is 24.3 Å². The number of alkyl halides is 3. The van der Waals surface area contributed by atoms with Crippen LogP contribution in [-0.2, 0) is 17.3 Å². The number of rotatable bonds is 4. The predicted molar refractivity (Wildman–Crippen MR) is 87.7 cm³/mol. The molecule has 0 amide bonds. The lowest BCUT2D eigenvalue weighted by Crippen LogP contribution is -2.33. The lowest BCUT2D eigenvalue weighted by molar-refractivity contribution is -0.141. The molecule has 0 unspecified atom stereocenters. The lowest BCUT2D eigenvalue weighted by atomic mass is 9.98. The number of nitrogens with one attached hydrogen (secondary N) is 1. The zero-order valence-electron chi connectivity index (χ0n) is 13.8. The average molecular weight is 362 g/mol. The molecular weight excluding hydrogens is 345 g/mol. The second-order valence-electron chi connectivity index (χ2n) is 6.70. The van der Waals surface area contributed by atoms with E-state index in [2.05, 4.69) is 10.3 Å². The Balaban J connectivity index is 1.45. The van der Waals surface area contributed by atoms with Crippen LogP contribution < -0.4 is 5.32 Å². The number of benzene rings is 1.